The van der Waals surface area contributed by atoms with Crippen LogP contribution in [0.2, 0.25) is 0 Å². The first-order valence-electron chi connectivity index (χ1n) is 9.65. The van der Waals surface area contributed by atoms with Gasteiger partial charge in [0.25, 0.3) is 0 Å². The highest BCUT2D eigenvalue weighted by molar-refractivity contribution is 5.80. The Morgan fingerprint density at radius 3 is 2.04 bits per heavy atom. The molecule has 4 heteroatoms. The normalized spacial score (nSPS) is 49.8. The minimum absolute atomic E-state index is 0.0156. The summed E-state index contributed by atoms with van der Waals surface area (Å²) in [4.78, 5) is 12.0. The van der Waals surface area contributed by atoms with Crippen molar-refractivity contribution in [3.63, 3.8) is 0 Å². The van der Waals surface area contributed by atoms with E-state index in [1.807, 2.05) is 0 Å². The van der Waals surface area contributed by atoms with E-state index in [1.54, 1.807) is 6.92 Å². The van der Waals surface area contributed by atoms with E-state index in [-0.39, 0.29) is 48.3 Å². The fraction of sp³-hybridized carbons (Fsp3) is 0.950. The lowest BCUT2D eigenvalue weighted by Crippen LogP contribution is -2.54. The van der Waals surface area contributed by atoms with Crippen LogP contribution in [0.25, 0.3) is 0 Å². The molecule has 0 bridgehead atoms. The molecule has 0 amide bonds. The lowest BCUT2D eigenvalue weighted by molar-refractivity contribution is -0.294. The first-order valence-corrected chi connectivity index (χ1v) is 9.65. The Morgan fingerprint density at radius 1 is 0.875 bits per heavy atom. The van der Waals surface area contributed by atoms with E-state index in [2.05, 4.69) is 48.5 Å². The van der Waals surface area contributed by atoms with Gasteiger partial charge < -0.3 is 14.2 Å². The number of ketones is 1. The zero-order chi connectivity index (χ0) is 18.2. The van der Waals surface area contributed by atoms with Crippen LogP contribution in [0.5, 0.6) is 0 Å². The Labute approximate surface area is 147 Å². The van der Waals surface area contributed by atoms with Crippen molar-refractivity contribution in [2.45, 2.75) is 92.5 Å². The molecule has 0 aromatic heterocycles. The van der Waals surface area contributed by atoms with Crippen LogP contribution in [-0.4, -0.2) is 36.5 Å². The zero-order valence-electron chi connectivity index (χ0n) is 16.6. The van der Waals surface area contributed by atoms with Crippen LogP contribution in [0.1, 0.15) is 61.8 Å². The third-order valence-corrected chi connectivity index (χ3v) is 6.78. The summed E-state index contributed by atoms with van der Waals surface area (Å²) in [5.74, 6) is 1.80. The fourth-order valence-electron chi connectivity index (χ4n) is 4.25. The number of hydrogen-bond donors (Lipinski definition) is 0. The molecule has 2 fully saturated rings. The van der Waals surface area contributed by atoms with Gasteiger partial charge in [-0.1, -0.05) is 41.5 Å². The van der Waals surface area contributed by atoms with Gasteiger partial charge in [-0.25, -0.2) is 0 Å². The van der Waals surface area contributed by atoms with Crippen molar-refractivity contribution in [1.82, 2.24) is 0 Å². The van der Waals surface area contributed by atoms with Gasteiger partial charge in [-0.2, -0.15) is 0 Å². The number of rotatable bonds is 4. The average molecular weight is 341 g/mol. The third kappa shape index (κ3) is 3.71. The van der Waals surface area contributed by atoms with E-state index < -0.39 is 0 Å². The predicted octanol–water partition coefficient (Wildman–Crippen LogP) is 4.06. The molecule has 0 radical (unpaired) electrons. The minimum atomic E-state index is -0.363. The topological polar surface area (TPSA) is 44.8 Å². The molecule has 0 saturated carbocycles. The molecule has 0 aromatic carbocycles. The van der Waals surface area contributed by atoms with Crippen LogP contribution in [-0.2, 0) is 19.0 Å². The van der Waals surface area contributed by atoms with Crippen LogP contribution < -0.4 is 0 Å². The average Bonchev–Trinajstić information content (AvgIpc) is 2.54. The third-order valence-electron chi connectivity index (χ3n) is 6.78. The molecule has 2 rings (SSSR count). The lowest BCUT2D eigenvalue weighted by atomic mass is 9.77. The maximum Gasteiger partial charge on any atom is 0.161 e. The predicted molar refractivity (Wildman–Crippen MR) is 94.7 cm³/mol. The van der Waals surface area contributed by atoms with Crippen LogP contribution in [0.4, 0.5) is 0 Å². The number of hydrogen-bond acceptors (Lipinski definition) is 4. The van der Waals surface area contributed by atoms with Crippen molar-refractivity contribution in [3.05, 3.63) is 0 Å². The van der Waals surface area contributed by atoms with E-state index in [9.17, 15) is 4.79 Å². The molecule has 2 aliphatic heterocycles. The molecule has 10 atom stereocenters. The number of ether oxygens (including phenoxy) is 3. The number of carbonyl (C=O) groups is 1. The second-order valence-electron chi connectivity index (χ2n) is 8.22. The molecule has 4 nitrogen and oxygen atoms in total. The molecule has 140 valence electrons. The first-order chi connectivity index (χ1) is 11.2. The van der Waals surface area contributed by atoms with Gasteiger partial charge in [0, 0.05) is 5.92 Å². The van der Waals surface area contributed by atoms with Gasteiger partial charge in [0.2, 0.25) is 0 Å². The monoisotopic (exact) mass is 340 g/mol. The van der Waals surface area contributed by atoms with E-state index in [0.29, 0.717) is 17.8 Å². The number of carbonyl (C=O) groups excluding carboxylic acids is 1. The highest BCUT2D eigenvalue weighted by atomic mass is 16.7. The lowest BCUT2D eigenvalue weighted by Gasteiger charge is -2.48. The molecule has 0 aromatic rings. The minimum Gasteiger partial charge on any atom is -0.372 e. The highest BCUT2D eigenvalue weighted by Crippen LogP contribution is 2.40. The van der Waals surface area contributed by atoms with Crippen LogP contribution in [0.15, 0.2) is 0 Å². The van der Waals surface area contributed by atoms with Crippen molar-refractivity contribution in [2.75, 3.05) is 0 Å². The van der Waals surface area contributed by atoms with E-state index in [0.717, 1.165) is 6.42 Å². The van der Waals surface area contributed by atoms with Crippen LogP contribution >= 0.6 is 0 Å². The Morgan fingerprint density at radius 2 is 1.50 bits per heavy atom. The quantitative estimate of drug-likeness (QED) is 0.774. The molecule has 24 heavy (non-hydrogen) atoms. The zero-order valence-corrected chi connectivity index (χ0v) is 16.6. The summed E-state index contributed by atoms with van der Waals surface area (Å²) in [7, 11) is 0. The van der Waals surface area contributed by atoms with Gasteiger partial charge in [-0.05, 0) is 43.9 Å². The van der Waals surface area contributed by atoms with Gasteiger partial charge in [-0.15, -0.1) is 0 Å². The maximum atomic E-state index is 12.0. The number of Topliss-reactive ketones (excluding diaryl/α,β-unsaturated/α-hetero) is 1. The van der Waals surface area contributed by atoms with Gasteiger partial charge >= 0.3 is 0 Å². The van der Waals surface area contributed by atoms with Crippen molar-refractivity contribution < 1.29 is 19.0 Å². The molecular weight excluding hydrogens is 304 g/mol. The van der Waals surface area contributed by atoms with E-state index in [1.165, 1.54) is 0 Å². The summed E-state index contributed by atoms with van der Waals surface area (Å²) in [6.07, 6.45) is 0.580. The summed E-state index contributed by atoms with van der Waals surface area (Å²) < 4.78 is 18.8. The Kier molecular flexibility index (Phi) is 6.49. The summed E-state index contributed by atoms with van der Waals surface area (Å²) in [5.41, 5.74) is 0. The summed E-state index contributed by atoms with van der Waals surface area (Å²) in [6.45, 7) is 16.9. The second kappa shape index (κ2) is 7.84. The highest BCUT2D eigenvalue weighted by Gasteiger charge is 2.46. The Balaban J connectivity index is 2.16. The van der Waals surface area contributed by atoms with E-state index in [4.69, 9.17) is 14.2 Å². The van der Waals surface area contributed by atoms with Crippen molar-refractivity contribution >= 4 is 5.78 Å². The van der Waals surface area contributed by atoms with Crippen molar-refractivity contribution in [3.8, 4) is 0 Å². The molecular formula is C20H36O4. The Bertz CT molecular complexity index is 435. The van der Waals surface area contributed by atoms with Crippen molar-refractivity contribution in [1.29, 1.82) is 0 Å². The molecule has 0 N–H and O–H groups in total. The summed E-state index contributed by atoms with van der Waals surface area (Å²) >= 11 is 0. The molecule has 0 aliphatic carbocycles. The second-order valence-corrected chi connectivity index (χ2v) is 8.22. The summed E-state index contributed by atoms with van der Waals surface area (Å²) in [5, 5.41) is 0. The molecule has 2 saturated heterocycles. The fourth-order valence-corrected chi connectivity index (χ4v) is 4.25. The van der Waals surface area contributed by atoms with Crippen molar-refractivity contribution in [2.24, 2.45) is 29.6 Å². The molecule has 5 unspecified atom stereocenters. The van der Waals surface area contributed by atoms with Gasteiger partial charge in [0.1, 0.15) is 6.10 Å². The van der Waals surface area contributed by atoms with Crippen LogP contribution in [0, 0.1) is 29.6 Å². The Hall–Kier alpha value is -0.450. The van der Waals surface area contributed by atoms with Gasteiger partial charge in [0.05, 0.1) is 18.3 Å². The molecule has 2 aliphatic rings. The van der Waals surface area contributed by atoms with Gasteiger partial charge in [0.15, 0.2) is 12.1 Å². The first kappa shape index (κ1) is 19.9. The standard InChI is InChI=1S/C20H36O4/c1-9-17-19(13(5)11(3)16(8)22-17)24-20-14(6)10(2)12(4)18(23-20)15(7)21/h10-14,16-20H,9H2,1-8H3/t10-,11?,12-,13-,14?,16?,17?,18?,19-,20+/m1/s1. The van der Waals surface area contributed by atoms with E-state index >= 15 is 0 Å². The smallest absolute Gasteiger partial charge is 0.161 e. The summed E-state index contributed by atoms with van der Waals surface area (Å²) in [6, 6.07) is 0. The van der Waals surface area contributed by atoms with Gasteiger partial charge in [-0.3, -0.25) is 4.79 Å². The molecule has 2 heterocycles. The molecule has 0 spiro atoms. The largest absolute Gasteiger partial charge is 0.372 e. The SMILES string of the molecule is CCC1OC(C)C(C)[C@@H](C)[C@H]1O[C@@H]1OC(C(C)=O)[C@H](C)[C@@H](C)C1C. The maximum absolute atomic E-state index is 12.0. The van der Waals surface area contributed by atoms with Crippen LogP contribution in [0.3, 0.4) is 0 Å².